The van der Waals surface area contributed by atoms with E-state index in [-0.39, 0.29) is 17.7 Å². The number of hydrogen-bond donors (Lipinski definition) is 2. The van der Waals surface area contributed by atoms with Gasteiger partial charge in [0.1, 0.15) is 17.8 Å². The van der Waals surface area contributed by atoms with E-state index in [4.69, 9.17) is 16.2 Å². The third kappa shape index (κ3) is 3.59. The highest BCUT2D eigenvalue weighted by Gasteiger charge is 2.53. The van der Waals surface area contributed by atoms with Gasteiger partial charge in [-0.25, -0.2) is 9.97 Å². The molecular weight excluding hydrogens is 424 g/mol. The number of nitrogens with zero attached hydrogens (tertiary/aromatic N) is 4. The minimum absolute atomic E-state index is 0.0918. The molecule has 1 saturated heterocycles. The summed E-state index contributed by atoms with van der Waals surface area (Å²) in [5.74, 6) is 1.72. The highest BCUT2D eigenvalue weighted by atomic mass is 16.5. The minimum Gasteiger partial charge on any atom is -0.397 e. The van der Waals surface area contributed by atoms with Crippen molar-refractivity contribution in [3.8, 4) is 0 Å². The van der Waals surface area contributed by atoms with E-state index < -0.39 is 0 Å². The van der Waals surface area contributed by atoms with Crippen LogP contribution in [0.1, 0.15) is 51.1 Å². The van der Waals surface area contributed by atoms with Gasteiger partial charge < -0.3 is 20.8 Å². The smallest absolute Gasteiger partial charge is 0.145 e. The first-order chi connectivity index (χ1) is 16.4. The number of nitrogen functional groups attached to an aromatic ring is 2. The van der Waals surface area contributed by atoms with Gasteiger partial charge in [-0.05, 0) is 81.5 Å². The van der Waals surface area contributed by atoms with E-state index in [1.54, 1.807) is 6.33 Å². The number of anilines is 2. The van der Waals surface area contributed by atoms with E-state index in [0.29, 0.717) is 17.7 Å². The number of fused-ring (bicyclic) bond motifs is 3. The summed E-state index contributed by atoms with van der Waals surface area (Å²) in [6, 6.07) is 10.5. The maximum absolute atomic E-state index is 6.63. The first-order valence-corrected chi connectivity index (χ1v) is 12.3. The zero-order valence-electron chi connectivity index (χ0n) is 19.8. The molecule has 1 aromatic carbocycles. The van der Waals surface area contributed by atoms with Gasteiger partial charge >= 0.3 is 0 Å². The topological polar surface area (TPSA) is 105 Å². The molecule has 1 aliphatic heterocycles. The fourth-order valence-corrected chi connectivity index (χ4v) is 6.40. The second-order valence-electron chi connectivity index (χ2n) is 10.6. The summed E-state index contributed by atoms with van der Waals surface area (Å²) in [4.78, 5) is 13.3. The quantitative estimate of drug-likeness (QED) is 0.413. The van der Waals surface area contributed by atoms with Crippen molar-refractivity contribution in [2.45, 2.75) is 63.7 Å². The fraction of sp³-hybridized carbons (Fsp3) is 0.444. The van der Waals surface area contributed by atoms with Gasteiger partial charge in [0, 0.05) is 17.8 Å². The van der Waals surface area contributed by atoms with E-state index in [0.717, 1.165) is 53.3 Å². The maximum Gasteiger partial charge on any atom is 0.145 e. The van der Waals surface area contributed by atoms with Gasteiger partial charge in [0.15, 0.2) is 0 Å². The lowest BCUT2D eigenvalue weighted by Gasteiger charge is -2.25. The van der Waals surface area contributed by atoms with Crippen LogP contribution in [0.15, 0.2) is 49.1 Å². The third-order valence-corrected chi connectivity index (χ3v) is 7.87. The van der Waals surface area contributed by atoms with Crippen LogP contribution in [0.4, 0.5) is 11.5 Å². The van der Waals surface area contributed by atoms with Crippen LogP contribution in [0, 0.1) is 11.8 Å². The van der Waals surface area contributed by atoms with Crippen molar-refractivity contribution in [3.63, 3.8) is 0 Å². The molecule has 2 aliphatic rings. The average molecular weight is 457 g/mol. The molecule has 6 rings (SSSR count). The molecule has 0 radical (unpaired) electrons. The first-order valence-electron chi connectivity index (χ1n) is 12.3. The van der Waals surface area contributed by atoms with Crippen LogP contribution in [0.25, 0.3) is 21.9 Å². The van der Waals surface area contributed by atoms with Crippen LogP contribution in [-0.2, 0) is 11.2 Å². The third-order valence-electron chi connectivity index (χ3n) is 7.87. The Hall–Kier alpha value is -3.19. The lowest BCUT2D eigenvalue weighted by molar-refractivity contribution is -0.0346. The standard InChI is InChI=1S/C27H32N6O/c1-27(2)13-20-17(6-3-5-16-11-18-7-4-8-21(28)23(18)30-14-16)12-22(24(20)34-27)33-10-9-19-25(29)31-15-32-26(19)33/h4,7-11,14-15,17,20,22,24H,3,5-6,12-13,28H2,1-2H3,(H2,29,31,32)/t17-,20+,22+,24+/m0/s1. The number of pyridine rings is 1. The van der Waals surface area contributed by atoms with E-state index in [2.05, 4.69) is 51.7 Å². The predicted molar refractivity (Wildman–Crippen MR) is 135 cm³/mol. The molecule has 1 saturated carbocycles. The zero-order chi connectivity index (χ0) is 23.4. The number of nitrogens with two attached hydrogens (primary N) is 2. The molecule has 1 aliphatic carbocycles. The summed E-state index contributed by atoms with van der Waals surface area (Å²) in [5, 5.41) is 2.04. The SMILES string of the molecule is CC1(C)C[C@@H]2[C@@H](CCCc3cnc4c(N)cccc4c3)C[C@@H](n3ccc4c(N)ncnc43)[C@@H]2O1. The van der Waals surface area contributed by atoms with Crippen LogP contribution in [0.3, 0.4) is 0 Å². The number of aromatic nitrogens is 4. The maximum atomic E-state index is 6.63. The van der Waals surface area contributed by atoms with Crippen molar-refractivity contribution in [2.75, 3.05) is 11.5 Å². The van der Waals surface area contributed by atoms with Gasteiger partial charge in [-0.1, -0.05) is 12.1 Å². The summed E-state index contributed by atoms with van der Waals surface area (Å²) in [6.45, 7) is 4.44. The summed E-state index contributed by atoms with van der Waals surface area (Å²) in [5.41, 5.74) is 15.9. The Balaban J connectivity index is 1.21. The monoisotopic (exact) mass is 456 g/mol. The molecule has 4 N–H and O–H groups in total. The van der Waals surface area contributed by atoms with Gasteiger partial charge in [-0.3, -0.25) is 4.98 Å². The van der Waals surface area contributed by atoms with Gasteiger partial charge in [-0.15, -0.1) is 0 Å². The van der Waals surface area contributed by atoms with Crippen molar-refractivity contribution in [1.29, 1.82) is 0 Å². The molecule has 0 bridgehead atoms. The molecule has 4 heterocycles. The Kier molecular flexibility index (Phi) is 4.99. The molecule has 0 spiro atoms. The molecule has 4 atom stereocenters. The largest absolute Gasteiger partial charge is 0.397 e. The number of hydrogen-bond acceptors (Lipinski definition) is 6. The summed E-state index contributed by atoms with van der Waals surface area (Å²) < 4.78 is 8.91. The normalized spacial score (nSPS) is 25.8. The van der Waals surface area contributed by atoms with Gasteiger partial charge in [-0.2, -0.15) is 0 Å². The summed E-state index contributed by atoms with van der Waals surface area (Å²) in [6.07, 6.45) is 11.4. The molecule has 0 amide bonds. The van der Waals surface area contributed by atoms with Gasteiger partial charge in [0.2, 0.25) is 0 Å². The van der Waals surface area contributed by atoms with Gasteiger partial charge in [0.05, 0.1) is 34.3 Å². The second-order valence-corrected chi connectivity index (χ2v) is 10.6. The molecule has 0 unspecified atom stereocenters. The molecule has 7 nitrogen and oxygen atoms in total. The highest BCUT2D eigenvalue weighted by molar-refractivity contribution is 5.89. The minimum atomic E-state index is -0.0918. The highest BCUT2D eigenvalue weighted by Crippen LogP contribution is 2.53. The van der Waals surface area contributed by atoms with Crippen LogP contribution in [0.5, 0.6) is 0 Å². The Morgan fingerprint density at radius 1 is 1.15 bits per heavy atom. The Morgan fingerprint density at radius 3 is 2.91 bits per heavy atom. The van der Waals surface area contributed by atoms with Gasteiger partial charge in [0.25, 0.3) is 0 Å². The van der Waals surface area contributed by atoms with E-state index in [9.17, 15) is 0 Å². The molecule has 7 heteroatoms. The summed E-state index contributed by atoms with van der Waals surface area (Å²) in [7, 11) is 0. The molecular formula is C27H32N6O. The Bertz CT molecular complexity index is 1360. The number of rotatable bonds is 5. The lowest BCUT2D eigenvalue weighted by atomic mass is 9.85. The average Bonchev–Trinajstić information content (AvgIpc) is 3.46. The molecule has 34 heavy (non-hydrogen) atoms. The molecule has 4 aromatic rings. The molecule has 176 valence electrons. The van der Waals surface area contributed by atoms with Crippen molar-refractivity contribution in [1.82, 2.24) is 19.5 Å². The Morgan fingerprint density at radius 2 is 2.03 bits per heavy atom. The fourth-order valence-electron chi connectivity index (χ4n) is 6.40. The van der Waals surface area contributed by atoms with Crippen molar-refractivity contribution >= 4 is 33.4 Å². The van der Waals surface area contributed by atoms with Crippen molar-refractivity contribution < 1.29 is 4.74 Å². The van der Waals surface area contributed by atoms with Crippen LogP contribution in [-0.4, -0.2) is 31.2 Å². The predicted octanol–water partition coefficient (Wildman–Crippen LogP) is 4.91. The lowest BCUT2D eigenvalue weighted by Crippen LogP contribution is -2.26. The zero-order valence-corrected chi connectivity index (χ0v) is 19.8. The van der Waals surface area contributed by atoms with Crippen LogP contribution >= 0.6 is 0 Å². The number of para-hydroxylation sites is 1. The number of aryl methyl sites for hydroxylation is 1. The van der Waals surface area contributed by atoms with Crippen molar-refractivity contribution in [2.24, 2.45) is 11.8 Å². The number of benzene rings is 1. The van der Waals surface area contributed by atoms with E-state index >= 15 is 0 Å². The van der Waals surface area contributed by atoms with E-state index in [1.165, 1.54) is 12.0 Å². The first kappa shape index (κ1) is 21.4. The van der Waals surface area contributed by atoms with Crippen LogP contribution in [0.2, 0.25) is 0 Å². The summed E-state index contributed by atoms with van der Waals surface area (Å²) >= 11 is 0. The number of ether oxygens (including phenoxy) is 1. The second kappa shape index (κ2) is 7.94. The Labute approximate surface area is 199 Å². The molecule has 3 aromatic heterocycles. The molecule has 2 fully saturated rings. The van der Waals surface area contributed by atoms with Crippen molar-refractivity contribution in [3.05, 3.63) is 54.6 Å². The van der Waals surface area contributed by atoms with E-state index in [1.807, 2.05) is 24.4 Å². The van der Waals surface area contributed by atoms with Crippen LogP contribution < -0.4 is 11.5 Å².